The van der Waals surface area contributed by atoms with E-state index >= 15 is 0 Å². The molecule has 0 amide bonds. The van der Waals surface area contributed by atoms with Crippen LogP contribution in [-0.2, 0) is 0 Å². The number of nitrogens with zero attached hydrogens (tertiary/aromatic N) is 2. The number of aromatic hydroxyl groups is 1. The molecule has 0 unspecified atom stereocenters. The van der Waals surface area contributed by atoms with E-state index in [1.165, 1.54) is 44.4 Å². The lowest BCUT2D eigenvalue weighted by atomic mass is 10.1. The van der Waals surface area contributed by atoms with Gasteiger partial charge < -0.3 is 14.6 Å². The van der Waals surface area contributed by atoms with Crippen LogP contribution in [0.4, 0.5) is 5.69 Å². The molecule has 0 aliphatic rings. The van der Waals surface area contributed by atoms with Crippen LogP contribution in [0.1, 0.15) is 61.4 Å². The van der Waals surface area contributed by atoms with Crippen LogP contribution in [0.5, 0.6) is 17.2 Å². The van der Waals surface area contributed by atoms with Gasteiger partial charge in [-0.25, -0.2) is 4.79 Å². The molecule has 172 valence electrons. The molecule has 0 saturated carbocycles. The normalized spacial score (nSPS) is 10.9. The summed E-state index contributed by atoms with van der Waals surface area (Å²) in [5.74, 6) is 0.439. The lowest BCUT2D eigenvalue weighted by Crippen LogP contribution is -2.08. The number of carbonyl (C=O) groups excluding carboxylic acids is 1. The molecule has 0 bridgehead atoms. The van der Waals surface area contributed by atoms with Crippen molar-refractivity contribution >= 4 is 17.9 Å². The number of aromatic nitrogens is 1. The smallest absolute Gasteiger partial charge is 0.343 e. The first kappa shape index (κ1) is 24.0. The third-order valence-electron chi connectivity index (χ3n) is 5.07. The molecule has 0 spiro atoms. The fourth-order valence-corrected chi connectivity index (χ4v) is 3.20. The number of benzene rings is 2. The number of hydrogen-bond donors (Lipinski definition) is 1. The highest BCUT2D eigenvalue weighted by molar-refractivity contribution is 5.91. The average molecular weight is 447 g/mol. The van der Waals surface area contributed by atoms with Crippen LogP contribution in [0.25, 0.3) is 0 Å². The van der Waals surface area contributed by atoms with Gasteiger partial charge in [-0.2, -0.15) is 0 Å². The second-order valence-electron chi connectivity index (χ2n) is 7.72. The van der Waals surface area contributed by atoms with Crippen LogP contribution in [0.3, 0.4) is 0 Å². The van der Waals surface area contributed by atoms with Gasteiger partial charge in [0.1, 0.15) is 17.2 Å². The largest absolute Gasteiger partial charge is 0.507 e. The molecule has 1 N–H and O–H groups in total. The van der Waals surface area contributed by atoms with Crippen LogP contribution in [0.15, 0.2) is 72.0 Å². The first-order chi connectivity index (χ1) is 16.2. The molecule has 6 nitrogen and oxygen atoms in total. The minimum Gasteiger partial charge on any atom is -0.507 e. The number of aliphatic imine (C=N–C) groups is 1. The zero-order chi connectivity index (χ0) is 23.3. The van der Waals surface area contributed by atoms with Gasteiger partial charge in [-0.15, -0.1) is 0 Å². The van der Waals surface area contributed by atoms with E-state index in [1.54, 1.807) is 54.9 Å². The maximum Gasteiger partial charge on any atom is 0.343 e. The van der Waals surface area contributed by atoms with Crippen LogP contribution < -0.4 is 9.47 Å². The van der Waals surface area contributed by atoms with Crippen molar-refractivity contribution in [1.82, 2.24) is 4.98 Å². The van der Waals surface area contributed by atoms with Crippen molar-refractivity contribution in [3.05, 3.63) is 78.1 Å². The summed E-state index contributed by atoms with van der Waals surface area (Å²) in [4.78, 5) is 20.7. The summed E-state index contributed by atoms with van der Waals surface area (Å²) >= 11 is 0. The van der Waals surface area contributed by atoms with Crippen molar-refractivity contribution in [2.75, 3.05) is 6.61 Å². The monoisotopic (exact) mass is 446 g/mol. The number of esters is 1. The van der Waals surface area contributed by atoms with Gasteiger partial charge in [-0.1, -0.05) is 39.0 Å². The summed E-state index contributed by atoms with van der Waals surface area (Å²) in [7, 11) is 0. The summed E-state index contributed by atoms with van der Waals surface area (Å²) in [6.45, 7) is 2.88. The standard InChI is InChI=1S/C27H30N2O4/c1-2-3-4-5-6-7-17-32-24-13-10-21(11-14-24)27(31)33-25-15-12-22(26(30)18-25)19-29-23-9-8-16-28-20-23/h8-16,18-20,30H,2-7,17H2,1H3. The van der Waals surface area contributed by atoms with E-state index in [-0.39, 0.29) is 11.5 Å². The summed E-state index contributed by atoms with van der Waals surface area (Å²) in [5.41, 5.74) is 1.58. The highest BCUT2D eigenvalue weighted by atomic mass is 16.5. The van der Waals surface area contributed by atoms with Gasteiger partial charge in [0.15, 0.2) is 0 Å². The summed E-state index contributed by atoms with van der Waals surface area (Å²) in [6, 6.07) is 15.1. The maximum absolute atomic E-state index is 12.4. The van der Waals surface area contributed by atoms with E-state index in [2.05, 4.69) is 16.9 Å². The number of unbranched alkanes of at least 4 members (excludes halogenated alkanes) is 5. The second-order valence-corrected chi connectivity index (χ2v) is 7.72. The highest BCUT2D eigenvalue weighted by Gasteiger charge is 2.10. The Labute approximate surface area is 194 Å². The van der Waals surface area contributed by atoms with Gasteiger partial charge in [-0.3, -0.25) is 9.98 Å². The quantitative estimate of drug-likeness (QED) is 0.149. The molecular formula is C27H30N2O4. The Morgan fingerprint density at radius 3 is 2.48 bits per heavy atom. The second kappa shape index (κ2) is 13.0. The number of phenolic OH excluding ortho intramolecular Hbond substituents is 1. The molecule has 0 atom stereocenters. The Morgan fingerprint density at radius 1 is 1.00 bits per heavy atom. The molecule has 1 aromatic heterocycles. The zero-order valence-corrected chi connectivity index (χ0v) is 18.9. The number of rotatable bonds is 12. The number of hydrogen-bond acceptors (Lipinski definition) is 6. The van der Waals surface area contributed by atoms with Crippen molar-refractivity contribution in [3.63, 3.8) is 0 Å². The Balaban J connectivity index is 1.48. The zero-order valence-electron chi connectivity index (χ0n) is 18.9. The molecule has 0 aliphatic carbocycles. The van der Waals surface area contributed by atoms with Crippen molar-refractivity contribution < 1.29 is 19.4 Å². The van der Waals surface area contributed by atoms with E-state index in [9.17, 15) is 9.90 Å². The Bertz CT molecular complexity index is 1030. The Hall–Kier alpha value is -3.67. The summed E-state index contributed by atoms with van der Waals surface area (Å²) in [5, 5.41) is 10.2. The molecule has 1 heterocycles. The predicted molar refractivity (Wildman–Crippen MR) is 130 cm³/mol. The summed E-state index contributed by atoms with van der Waals surface area (Å²) in [6.07, 6.45) is 12.1. The molecule has 3 aromatic rings. The molecule has 2 aromatic carbocycles. The minimum atomic E-state index is -0.506. The number of ether oxygens (including phenoxy) is 2. The molecule has 3 rings (SSSR count). The SMILES string of the molecule is CCCCCCCCOc1ccc(C(=O)Oc2ccc(C=Nc3cccnc3)c(O)c2)cc1. The molecule has 0 radical (unpaired) electrons. The Kier molecular flexibility index (Phi) is 9.45. The molecule has 0 saturated heterocycles. The first-order valence-corrected chi connectivity index (χ1v) is 11.4. The topological polar surface area (TPSA) is 81.0 Å². The van der Waals surface area contributed by atoms with Crippen LogP contribution in [-0.4, -0.2) is 28.9 Å². The third-order valence-corrected chi connectivity index (χ3v) is 5.07. The van der Waals surface area contributed by atoms with Gasteiger partial charge >= 0.3 is 5.97 Å². The van der Waals surface area contributed by atoms with E-state index in [0.717, 1.165) is 12.2 Å². The van der Waals surface area contributed by atoms with E-state index in [0.29, 0.717) is 23.4 Å². The predicted octanol–water partition coefficient (Wildman–Crippen LogP) is 6.50. The van der Waals surface area contributed by atoms with Gasteiger partial charge in [0.05, 0.1) is 24.1 Å². The van der Waals surface area contributed by atoms with E-state index in [4.69, 9.17) is 9.47 Å². The van der Waals surface area contributed by atoms with Crippen molar-refractivity contribution in [3.8, 4) is 17.2 Å². The first-order valence-electron chi connectivity index (χ1n) is 11.4. The average Bonchev–Trinajstić information content (AvgIpc) is 2.84. The molecule has 33 heavy (non-hydrogen) atoms. The lowest BCUT2D eigenvalue weighted by Gasteiger charge is -2.08. The van der Waals surface area contributed by atoms with Gasteiger partial charge in [0, 0.05) is 24.0 Å². The van der Waals surface area contributed by atoms with Crippen molar-refractivity contribution in [1.29, 1.82) is 0 Å². The fraction of sp³-hybridized carbons (Fsp3) is 0.296. The van der Waals surface area contributed by atoms with Crippen LogP contribution in [0, 0.1) is 0 Å². The van der Waals surface area contributed by atoms with Crippen molar-refractivity contribution in [2.45, 2.75) is 45.4 Å². The van der Waals surface area contributed by atoms with Gasteiger partial charge in [0.2, 0.25) is 0 Å². The number of pyridine rings is 1. The molecule has 6 heteroatoms. The lowest BCUT2D eigenvalue weighted by molar-refractivity contribution is 0.0734. The number of phenols is 1. The van der Waals surface area contributed by atoms with Crippen LogP contribution >= 0.6 is 0 Å². The fourth-order valence-electron chi connectivity index (χ4n) is 3.20. The Morgan fingerprint density at radius 2 is 1.76 bits per heavy atom. The van der Waals surface area contributed by atoms with Crippen LogP contribution in [0.2, 0.25) is 0 Å². The maximum atomic E-state index is 12.4. The number of carbonyl (C=O) groups is 1. The minimum absolute atomic E-state index is 0.0358. The van der Waals surface area contributed by atoms with E-state index in [1.807, 2.05) is 6.07 Å². The van der Waals surface area contributed by atoms with E-state index < -0.39 is 5.97 Å². The highest BCUT2D eigenvalue weighted by Crippen LogP contribution is 2.24. The molecular weight excluding hydrogens is 416 g/mol. The third kappa shape index (κ3) is 8.07. The van der Waals surface area contributed by atoms with Gasteiger partial charge in [-0.05, 0) is 55.0 Å². The van der Waals surface area contributed by atoms with Gasteiger partial charge in [0.25, 0.3) is 0 Å². The van der Waals surface area contributed by atoms with Crippen molar-refractivity contribution in [2.24, 2.45) is 4.99 Å². The molecule has 0 fully saturated rings. The summed E-state index contributed by atoms with van der Waals surface area (Å²) < 4.78 is 11.1. The molecule has 0 aliphatic heterocycles.